The zero-order valence-corrected chi connectivity index (χ0v) is 12.1. The van der Waals surface area contributed by atoms with Crippen LogP contribution in [0.15, 0.2) is 24.3 Å². The standard InChI is InChI=1S/C16H24N2O/c1-4-7-12(2)18(3)16(19)15-14-9-6-5-8-13(14)10-11-17-15/h5-6,8-9,12,15,17H,4,7,10-11H2,1-3H3. The van der Waals surface area contributed by atoms with Gasteiger partial charge in [0.15, 0.2) is 0 Å². The Labute approximate surface area is 116 Å². The number of carbonyl (C=O) groups excluding carboxylic acids is 1. The van der Waals surface area contributed by atoms with Crippen LogP contribution in [0, 0.1) is 0 Å². The maximum absolute atomic E-state index is 12.6. The number of rotatable bonds is 4. The van der Waals surface area contributed by atoms with Crippen molar-refractivity contribution in [2.45, 2.75) is 45.2 Å². The second-order valence-electron chi connectivity index (χ2n) is 5.42. The molecule has 1 aromatic carbocycles. The van der Waals surface area contributed by atoms with E-state index in [4.69, 9.17) is 0 Å². The number of carbonyl (C=O) groups is 1. The first-order valence-electron chi connectivity index (χ1n) is 7.23. The van der Waals surface area contributed by atoms with Gasteiger partial charge in [0, 0.05) is 19.6 Å². The van der Waals surface area contributed by atoms with Gasteiger partial charge in [-0.2, -0.15) is 0 Å². The second kappa shape index (κ2) is 6.20. The highest BCUT2D eigenvalue weighted by Gasteiger charge is 2.29. The van der Waals surface area contributed by atoms with Gasteiger partial charge in [-0.05, 0) is 30.9 Å². The van der Waals surface area contributed by atoms with Crippen molar-refractivity contribution >= 4 is 5.91 Å². The molecule has 19 heavy (non-hydrogen) atoms. The van der Waals surface area contributed by atoms with Crippen LogP contribution in [0.5, 0.6) is 0 Å². The van der Waals surface area contributed by atoms with Crippen LogP contribution in [-0.2, 0) is 11.2 Å². The molecule has 1 aliphatic heterocycles. The second-order valence-corrected chi connectivity index (χ2v) is 5.42. The molecule has 0 bridgehead atoms. The number of nitrogens with zero attached hydrogens (tertiary/aromatic N) is 1. The predicted molar refractivity (Wildman–Crippen MR) is 78.0 cm³/mol. The Balaban J connectivity index is 2.16. The van der Waals surface area contributed by atoms with E-state index in [1.807, 2.05) is 18.0 Å². The minimum atomic E-state index is -0.172. The Morgan fingerprint density at radius 3 is 2.95 bits per heavy atom. The van der Waals surface area contributed by atoms with Crippen LogP contribution in [0.2, 0.25) is 0 Å². The van der Waals surface area contributed by atoms with E-state index in [2.05, 4.69) is 37.4 Å². The van der Waals surface area contributed by atoms with Gasteiger partial charge in [0.25, 0.3) is 0 Å². The largest absolute Gasteiger partial charge is 0.341 e. The van der Waals surface area contributed by atoms with Gasteiger partial charge in [-0.25, -0.2) is 0 Å². The van der Waals surface area contributed by atoms with E-state index in [1.165, 1.54) is 5.56 Å². The summed E-state index contributed by atoms with van der Waals surface area (Å²) in [6.45, 7) is 5.16. The Morgan fingerprint density at radius 1 is 1.47 bits per heavy atom. The van der Waals surface area contributed by atoms with Crippen LogP contribution in [-0.4, -0.2) is 30.4 Å². The number of hydrogen-bond acceptors (Lipinski definition) is 2. The van der Waals surface area contributed by atoms with Crippen molar-refractivity contribution in [2.24, 2.45) is 0 Å². The van der Waals surface area contributed by atoms with Crippen LogP contribution >= 0.6 is 0 Å². The van der Waals surface area contributed by atoms with Crippen molar-refractivity contribution in [3.8, 4) is 0 Å². The number of benzene rings is 1. The fourth-order valence-corrected chi connectivity index (χ4v) is 2.76. The average molecular weight is 260 g/mol. The summed E-state index contributed by atoms with van der Waals surface area (Å²) in [6.07, 6.45) is 3.16. The molecule has 0 aromatic heterocycles. The van der Waals surface area contributed by atoms with Gasteiger partial charge in [0.05, 0.1) is 0 Å². The molecule has 1 aliphatic rings. The summed E-state index contributed by atoms with van der Waals surface area (Å²) in [4.78, 5) is 14.5. The van der Waals surface area contributed by atoms with Crippen molar-refractivity contribution in [3.63, 3.8) is 0 Å². The molecule has 0 saturated heterocycles. The van der Waals surface area contributed by atoms with Crippen LogP contribution < -0.4 is 5.32 Å². The summed E-state index contributed by atoms with van der Waals surface area (Å²) in [7, 11) is 1.92. The van der Waals surface area contributed by atoms with E-state index >= 15 is 0 Å². The number of likely N-dealkylation sites (N-methyl/N-ethyl adjacent to an activating group) is 1. The van der Waals surface area contributed by atoms with E-state index < -0.39 is 0 Å². The molecule has 104 valence electrons. The van der Waals surface area contributed by atoms with E-state index in [9.17, 15) is 4.79 Å². The third kappa shape index (κ3) is 2.98. The molecule has 0 fully saturated rings. The molecule has 0 radical (unpaired) electrons. The molecule has 1 N–H and O–H groups in total. The van der Waals surface area contributed by atoms with Crippen LogP contribution in [0.25, 0.3) is 0 Å². The van der Waals surface area contributed by atoms with Crippen LogP contribution in [0.4, 0.5) is 0 Å². The normalized spacial score (nSPS) is 19.6. The molecule has 2 unspecified atom stereocenters. The lowest BCUT2D eigenvalue weighted by Gasteiger charge is -2.32. The summed E-state index contributed by atoms with van der Waals surface area (Å²) in [5.41, 5.74) is 2.45. The molecule has 2 rings (SSSR count). The van der Waals surface area contributed by atoms with Crippen LogP contribution in [0.1, 0.15) is 43.9 Å². The third-order valence-electron chi connectivity index (χ3n) is 4.07. The fourth-order valence-electron chi connectivity index (χ4n) is 2.76. The summed E-state index contributed by atoms with van der Waals surface area (Å²) < 4.78 is 0. The average Bonchev–Trinajstić information content (AvgIpc) is 2.45. The quantitative estimate of drug-likeness (QED) is 0.902. The monoisotopic (exact) mass is 260 g/mol. The van der Waals surface area contributed by atoms with Crippen molar-refractivity contribution < 1.29 is 4.79 Å². The van der Waals surface area contributed by atoms with E-state index in [0.29, 0.717) is 6.04 Å². The van der Waals surface area contributed by atoms with Crippen molar-refractivity contribution in [1.82, 2.24) is 10.2 Å². The zero-order valence-electron chi connectivity index (χ0n) is 12.1. The lowest BCUT2D eigenvalue weighted by atomic mass is 9.93. The molecule has 3 heteroatoms. The van der Waals surface area contributed by atoms with Gasteiger partial charge in [-0.15, -0.1) is 0 Å². The first-order valence-corrected chi connectivity index (χ1v) is 7.23. The first-order chi connectivity index (χ1) is 9.15. The highest BCUT2D eigenvalue weighted by atomic mass is 16.2. The lowest BCUT2D eigenvalue weighted by Crippen LogP contribution is -2.45. The van der Waals surface area contributed by atoms with Crippen LogP contribution in [0.3, 0.4) is 0 Å². The molecule has 0 saturated carbocycles. The van der Waals surface area contributed by atoms with Gasteiger partial charge < -0.3 is 10.2 Å². The van der Waals surface area contributed by atoms with Gasteiger partial charge in [0.1, 0.15) is 6.04 Å². The molecular formula is C16H24N2O. The highest BCUT2D eigenvalue weighted by molar-refractivity contribution is 5.84. The minimum absolute atomic E-state index is 0.172. The van der Waals surface area contributed by atoms with Gasteiger partial charge in [-0.1, -0.05) is 37.6 Å². The van der Waals surface area contributed by atoms with Gasteiger partial charge in [-0.3, -0.25) is 4.79 Å². The summed E-state index contributed by atoms with van der Waals surface area (Å²) in [5, 5.41) is 3.36. The van der Waals surface area contributed by atoms with Gasteiger partial charge in [0.2, 0.25) is 5.91 Å². The Morgan fingerprint density at radius 2 is 2.21 bits per heavy atom. The summed E-state index contributed by atoms with van der Waals surface area (Å²) in [5.74, 6) is 0.188. The molecule has 3 nitrogen and oxygen atoms in total. The van der Waals surface area contributed by atoms with E-state index in [1.54, 1.807) is 0 Å². The molecule has 0 aliphatic carbocycles. The first kappa shape index (κ1) is 14.1. The van der Waals surface area contributed by atoms with Crippen molar-refractivity contribution in [1.29, 1.82) is 0 Å². The smallest absolute Gasteiger partial charge is 0.244 e. The van der Waals surface area contributed by atoms with Crippen molar-refractivity contribution in [3.05, 3.63) is 35.4 Å². The predicted octanol–water partition coefficient (Wildman–Crippen LogP) is 2.52. The number of amides is 1. The lowest BCUT2D eigenvalue weighted by molar-refractivity contribution is -0.134. The molecule has 2 atom stereocenters. The number of hydrogen-bond donors (Lipinski definition) is 1. The van der Waals surface area contributed by atoms with Gasteiger partial charge >= 0.3 is 0 Å². The summed E-state index contributed by atoms with van der Waals surface area (Å²) in [6, 6.07) is 8.40. The maximum Gasteiger partial charge on any atom is 0.244 e. The SMILES string of the molecule is CCCC(C)N(C)C(=O)C1NCCc2ccccc21. The zero-order chi connectivity index (χ0) is 13.8. The molecule has 1 amide bonds. The van der Waals surface area contributed by atoms with E-state index in [-0.39, 0.29) is 11.9 Å². The van der Waals surface area contributed by atoms with Crippen molar-refractivity contribution in [2.75, 3.05) is 13.6 Å². The van der Waals surface area contributed by atoms with E-state index in [0.717, 1.165) is 31.4 Å². The maximum atomic E-state index is 12.6. The topological polar surface area (TPSA) is 32.3 Å². The molecule has 1 aromatic rings. The molecular weight excluding hydrogens is 236 g/mol. The summed E-state index contributed by atoms with van der Waals surface area (Å²) >= 11 is 0. The minimum Gasteiger partial charge on any atom is -0.341 e. The highest BCUT2D eigenvalue weighted by Crippen LogP contribution is 2.24. The Hall–Kier alpha value is -1.35. The molecule has 0 spiro atoms. The fraction of sp³-hybridized carbons (Fsp3) is 0.562. The molecule has 1 heterocycles. The Bertz CT molecular complexity index is 444. The number of fused-ring (bicyclic) bond motifs is 1. The number of nitrogens with one attached hydrogen (secondary N) is 1. The third-order valence-corrected chi connectivity index (χ3v) is 4.07. The Kier molecular flexibility index (Phi) is 4.59.